The topological polar surface area (TPSA) is 15.3 Å². The van der Waals surface area contributed by atoms with Crippen molar-refractivity contribution in [2.45, 2.75) is 58.4 Å². The fourth-order valence-electron chi connectivity index (χ4n) is 2.81. The molecular weight excluding hydrogens is 232 g/mol. The normalized spacial score (nSPS) is 16.6. The van der Waals surface area contributed by atoms with E-state index in [1.807, 2.05) is 0 Å². The Balaban J connectivity index is 1.89. The highest BCUT2D eigenvalue weighted by atomic mass is 15.1. The highest BCUT2D eigenvalue weighted by Gasteiger charge is 2.12. The lowest BCUT2D eigenvalue weighted by molar-refractivity contribution is 0.593. The van der Waals surface area contributed by atoms with Gasteiger partial charge >= 0.3 is 0 Å². The molecule has 1 N–H and O–H groups in total. The molecule has 1 unspecified atom stereocenters. The van der Waals surface area contributed by atoms with Gasteiger partial charge in [-0.25, -0.2) is 0 Å². The SMILES string of the molecule is CCCCC(CC)Nc1ccc(N2CCCC2)cc1. The number of anilines is 2. The standard InChI is InChI=1S/C17H28N2/c1-3-5-8-15(4-2)18-16-9-11-17(12-10-16)19-13-6-7-14-19/h9-12,15,18H,3-8,13-14H2,1-2H3. The van der Waals surface area contributed by atoms with Crippen molar-refractivity contribution in [3.05, 3.63) is 24.3 Å². The van der Waals surface area contributed by atoms with Crippen molar-refractivity contribution in [2.24, 2.45) is 0 Å². The molecule has 1 atom stereocenters. The molecule has 2 rings (SSSR count). The van der Waals surface area contributed by atoms with E-state index in [0.29, 0.717) is 6.04 Å². The summed E-state index contributed by atoms with van der Waals surface area (Å²) in [4.78, 5) is 2.48. The van der Waals surface area contributed by atoms with Crippen LogP contribution in [-0.4, -0.2) is 19.1 Å². The van der Waals surface area contributed by atoms with Crippen molar-refractivity contribution >= 4 is 11.4 Å². The van der Waals surface area contributed by atoms with Crippen molar-refractivity contribution < 1.29 is 0 Å². The molecule has 0 spiro atoms. The molecule has 1 aliphatic rings. The average Bonchev–Trinajstić information content (AvgIpc) is 2.98. The molecule has 1 aliphatic heterocycles. The Hall–Kier alpha value is -1.18. The maximum absolute atomic E-state index is 3.66. The Labute approximate surface area is 118 Å². The van der Waals surface area contributed by atoms with Gasteiger partial charge in [0.05, 0.1) is 0 Å². The van der Waals surface area contributed by atoms with Crippen molar-refractivity contribution in [1.29, 1.82) is 0 Å². The molecule has 0 saturated carbocycles. The zero-order valence-corrected chi connectivity index (χ0v) is 12.5. The van der Waals surface area contributed by atoms with Crippen LogP contribution in [0.5, 0.6) is 0 Å². The molecule has 0 amide bonds. The second-order valence-corrected chi connectivity index (χ2v) is 5.63. The van der Waals surface area contributed by atoms with Gasteiger partial charge < -0.3 is 10.2 Å². The van der Waals surface area contributed by atoms with Gasteiger partial charge in [0.15, 0.2) is 0 Å². The molecule has 0 radical (unpaired) electrons. The van der Waals surface area contributed by atoms with E-state index in [1.54, 1.807) is 0 Å². The zero-order chi connectivity index (χ0) is 13.5. The number of benzene rings is 1. The summed E-state index contributed by atoms with van der Waals surface area (Å²) in [5.74, 6) is 0. The Morgan fingerprint density at radius 2 is 1.79 bits per heavy atom. The fourth-order valence-corrected chi connectivity index (χ4v) is 2.81. The lowest BCUT2D eigenvalue weighted by Crippen LogP contribution is -2.19. The fraction of sp³-hybridized carbons (Fsp3) is 0.647. The molecule has 2 nitrogen and oxygen atoms in total. The summed E-state index contributed by atoms with van der Waals surface area (Å²) < 4.78 is 0. The van der Waals surface area contributed by atoms with Crippen molar-refractivity contribution in [3.63, 3.8) is 0 Å². The third-order valence-corrected chi connectivity index (χ3v) is 4.11. The van der Waals surface area contributed by atoms with Gasteiger partial charge in [-0.3, -0.25) is 0 Å². The molecule has 1 saturated heterocycles. The molecule has 2 heteroatoms. The summed E-state index contributed by atoms with van der Waals surface area (Å²) in [5, 5.41) is 3.66. The minimum Gasteiger partial charge on any atom is -0.382 e. The second kappa shape index (κ2) is 7.42. The van der Waals surface area contributed by atoms with Gasteiger partial charge in [-0.05, 0) is 49.9 Å². The summed E-state index contributed by atoms with van der Waals surface area (Å²) in [6, 6.07) is 9.63. The number of nitrogens with zero attached hydrogens (tertiary/aromatic N) is 1. The largest absolute Gasteiger partial charge is 0.382 e. The van der Waals surface area contributed by atoms with Gasteiger partial charge in [0.1, 0.15) is 0 Å². The van der Waals surface area contributed by atoms with Crippen LogP contribution in [0.1, 0.15) is 52.4 Å². The van der Waals surface area contributed by atoms with Crippen LogP contribution >= 0.6 is 0 Å². The molecule has 0 aliphatic carbocycles. The number of nitrogens with one attached hydrogen (secondary N) is 1. The Morgan fingerprint density at radius 1 is 1.11 bits per heavy atom. The van der Waals surface area contributed by atoms with Crippen LogP contribution in [0.15, 0.2) is 24.3 Å². The van der Waals surface area contributed by atoms with Gasteiger partial charge in [-0.2, -0.15) is 0 Å². The van der Waals surface area contributed by atoms with Crippen LogP contribution in [0.3, 0.4) is 0 Å². The molecule has 19 heavy (non-hydrogen) atoms. The summed E-state index contributed by atoms with van der Waals surface area (Å²) in [6.07, 6.45) is 7.77. The van der Waals surface area contributed by atoms with Crippen LogP contribution in [0.25, 0.3) is 0 Å². The Kier molecular flexibility index (Phi) is 5.56. The van der Waals surface area contributed by atoms with E-state index in [4.69, 9.17) is 0 Å². The van der Waals surface area contributed by atoms with Crippen LogP contribution in [-0.2, 0) is 0 Å². The van der Waals surface area contributed by atoms with E-state index in [2.05, 4.69) is 48.3 Å². The van der Waals surface area contributed by atoms with E-state index in [-0.39, 0.29) is 0 Å². The van der Waals surface area contributed by atoms with Gasteiger partial charge in [-0.15, -0.1) is 0 Å². The predicted octanol–water partition coefficient (Wildman–Crippen LogP) is 4.67. The summed E-state index contributed by atoms with van der Waals surface area (Å²) >= 11 is 0. The predicted molar refractivity (Wildman–Crippen MR) is 85.1 cm³/mol. The first-order valence-corrected chi connectivity index (χ1v) is 7.95. The van der Waals surface area contributed by atoms with Gasteiger partial charge in [0.2, 0.25) is 0 Å². The molecule has 106 valence electrons. The maximum atomic E-state index is 3.66. The first kappa shape index (κ1) is 14.2. The summed E-state index contributed by atoms with van der Waals surface area (Å²) in [5.41, 5.74) is 2.65. The molecule has 0 bridgehead atoms. The quantitative estimate of drug-likeness (QED) is 0.766. The van der Waals surface area contributed by atoms with E-state index in [9.17, 15) is 0 Å². The second-order valence-electron chi connectivity index (χ2n) is 5.63. The van der Waals surface area contributed by atoms with E-state index >= 15 is 0 Å². The highest BCUT2D eigenvalue weighted by Crippen LogP contribution is 2.23. The summed E-state index contributed by atoms with van der Waals surface area (Å²) in [7, 11) is 0. The van der Waals surface area contributed by atoms with Gasteiger partial charge in [0.25, 0.3) is 0 Å². The number of hydrogen-bond donors (Lipinski definition) is 1. The number of rotatable bonds is 7. The number of unbranched alkanes of at least 4 members (excludes halogenated alkanes) is 1. The Bertz CT molecular complexity index is 352. The number of hydrogen-bond acceptors (Lipinski definition) is 2. The van der Waals surface area contributed by atoms with Crippen LogP contribution < -0.4 is 10.2 Å². The Morgan fingerprint density at radius 3 is 2.37 bits per heavy atom. The third-order valence-electron chi connectivity index (χ3n) is 4.11. The smallest absolute Gasteiger partial charge is 0.0367 e. The van der Waals surface area contributed by atoms with Gasteiger partial charge in [0, 0.05) is 30.5 Å². The molecular formula is C17H28N2. The molecule has 0 aromatic heterocycles. The van der Waals surface area contributed by atoms with E-state index in [0.717, 1.165) is 0 Å². The van der Waals surface area contributed by atoms with E-state index in [1.165, 1.54) is 63.0 Å². The lowest BCUT2D eigenvalue weighted by Gasteiger charge is -2.20. The first-order valence-electron chi connectivity index (χ1n) is 7.95. The van der Waals surface area contributed by atoms with Crippen molar-refractivity contribution in [1.82, 2.24) is 0 Å². The van der Waals surface area contributed by atoms with Crippen LogP contribution in [0, 0.1) is 0 Å². The molecule has 1 aromatic rings. The van der Waals surface area contributed by atoms with Crippen molar-refractivity contribution in [2.75, 3.05) is 23.3 Å². The van der Waals surface area contributed by atoms with Crippen LogP contribution in [0.2, 0.25) is 0 Å². The van der Waals surface area contributed by atoms with Crippen LogP contribution in [0.4, 0.5) is 11.4 Å². The van der Waals surface area contributed by atoms with Gasteiger partial charge in [-0.1, -0.05) is 26.7 Å². The molecule has 1 aromatic carbocycles. The van der Waals surface area contributed by atoms with E-state index < -0.39 is 0 Å². The maximum Gasteiger partial charge on any atom is 0.0367 e. The highest BCUT2D eigenvalue weighted by molar-refractivity contribution is 5.55. The summed E-state index contributed by atoms with van der Waals surface area (Å²) in [6.45, 7) is 6.98. The monoisotopic (exact) mass is 260 g/mol. The minimum atomic E-state index is 0.623. The first-order chi connectivity index (χ1) is 9.33. The lowest BCUT2D eigenvalue weighted by atomic mass is 10.1. The molecule has 1 fully saturated rings. The molecule has 1 heterocycles. The average molecular weight is 260 g/mol. The van der Waals surface area contributed by atoms with Crippen molar-refractivity contribution in [3.8, 4) is 0 Å². The minimum absolute atomic E-state index is 0.623. The zero-order valence-electron chi connectivity index (χ0n) is 12.5. The third kappa shape index (κ3) is 4.15.